The number of rotatable bonds is 4. The van der Waals surface area contributed by atoms with E-state index in [9.17, 15) is 14.4 Å². The van der Waals surface area contributed by atoms with Gasteiger partial charge in [0.2, 0.25) is 5.91 Å². The molecule has 2 rings (SSSR count). The number of amides is 2. The summed E-state index contributed by atoms with van der Waals surface area (Å²) in [5.74, 6) is -1.25. The summed E-state index contributed by atoms with van der Waals surface area (Å²) >= 11 is 0. The van der Waals surface area contributed by atoms with Crippen LogP contribution in [0.2, 0.25) is 0 Å². The van der Waals surface area contributed by atoms with E-state index in [-0.39, 0.29) is 23.7 Å². The molecular weight excluding hydrogens is 308 g/mol. The van der Waals surface area contributed by atoms with E-state index in [2.05, 4.69) is 10.6 Å². The Labute approximate surface area is 141 Å². The Morgan fingerprint density at radius 1 is 1.29 bits per heavy atom. The average Bonchev–Trinajstić information content (AvgIpc) is 2.64. The highest BCUT2D eigenvalue weighted by atomic mass is 16.4. The summed E-state index contributed by atoms with van der Waals surface area (Å²) in [6, 6.07) is 4.69. The van der Waals surface area contributed by atoms with E-state index in [1.165, 1.54) is 0 Å². The molecule has 6 heteroatoms. The van der Waals surface area contributed by atoms with Gasteiger partial charge in [0.1, 0.15) is 0 Å². The minimum Gasteiger partial charge on any atom is -0.481 e. The summed E-state index contributed by atoms with van der Waals surface area (Å²) < 4.78 is 0. The summed E-state index contributed by atoms with van der Waals surface area (Å²) in [5.41, 5.74) is 1.78. The Bertz CT molecular complexity index is 661. The van der Waals surface area contributed by atoms with Gasteiger partial charge >= 0.3 is 5.97 Å². The number of aliphatic carboxylic acids is 1. The number of carboxylic acid groups (broad SMARTS) is 1. The molecule has 0 aromatic heterocycles. The van der Waals surface area contributed by atoms with E-state index in [4.69, 9.17) is 5.11 Å². The summed E-state index contributed by atoms with van der Waals surface area (Å²) in [5, 5.41) is 14.7. The fourth-order valence-electron chi connectivity index (χ4n) is 2.71. The maximum Gasteiger partial charge on any atom is 0.305 e. The number of carboxylic acids is 1. The molecule has 0 unspecified atom stereocenters. The van der Waals surface area contributed by atoms with Crippen molar-refractivity contribution in [3.8, 4) is 0 Å². The predicted molar refractivity (Wildman–Crippen MR) is 91.0 cm³/mol. The van der Waals surface area contributed by atoms with Crippen LogP contribution in [0.4, 0.5) is 5.69 Å². The van der Waals surface area contributed by atoms with E-state index >= 15 is 0 Å². The zero-order valence-corrected chi connectivity index (χ0v) is 14.3. The minimum atomic E-state index is -0.945. The van der Waals surface area contributed by atoms with E-state index in [1.54, 1.807) is 18.2 Å². The van der Waals surface area contributed by atoms with Gasteiger partial charge in [0, 0.05) is 23.7 Å². The van der Waals surface area contributed by atoms with E-state index in [1.807, 2.05) is 20.8 Å². The quantitative estimate of drug-likeness (QED) is 0.789. The van der Waals surface area contributed by atoms with Gasteiger partial charge in [-0.15, -0.1) is 0 Å². The van der Waals surface area contributed by atoms with Crippen molar-refractivity contribution >= 4 is 23.5 Å². The molecule has 130 valence electrons. The van der Waals surface area contributed by atoms with Gasteiger partial charge in [0.15, 0.2) is 0 Å². The molecule has 1 aromatic carbocycles. The average molecular weight is 332 g/mol. The number of fused-ring (bicyclic) bond motifs is 1. The highest BCUT2D eigenvalue weighted by Crippen LogP contribution is 2.25. The van der Waals surface area contributed by atoms with Crippen molar-refractivity contribution in [1.82, 2.24) is 5.32 Å². The van der Waals surface area contributed by atoms with Crippen LogP contribution in [0.1, 0.15) is 56.0 Å². The van der Waals surface area contributed by atoms with Crippen LogP contribution in [0.3, 0.4) is 0 Å². The first kappa shape index (κ1) is 18.0. The Balaban J connectivity index is 2.18. The number of benzene rings is 1. The van der Waals surface area contributed by atoms with Crippen molar-refractivity contribution in [3.05, 3.63) is 29.3 Å². The molecule has 0 saturated heterocycles. The van der Waals surface area contributed by atoms with Crippen LogP contribution in [0.5, 0.6) is 0 Å². The lowest BCUT2D eigenvalue weighted by molar-refractivity contribution is -0.138. The van der Waals surface area contributed by atoms with Gasteiger partial charge < -0.3 is 15.7 Å². The summed E-state index contributed by atoms with van der Waals surface area (Å²) in [6.45, 7) is 5.69. The van der Waals surface area contributed by atoms with E-state index in [0.29, 0.717) is 12.0 Å². The van der Waals surface area contributed by atoms with Gasteiger partial charge in [-0.1, -0.05) is 20.8 Å². The molecule has 1 aromatic rings. The van der Waals surface area contributed by atoms with Gasteiger partial charge in [-0.3, -0.25) is 14.4 Å². The number of hydrogen-bond acceptors (Lipinski definition) is 3. The molecule has 0 bridgehead atoms. The fourth-order valence-corrected chi connectivity index (χ4v) is 2.71. The summed E-state index contributed by atoms with van der Waals surface area (Å²) in [4.78, 5) is 35.1. The third-order valence-corrected chi connectivity index (χ3v) is 4.22. The zero-order valence-electron chi connectivity index (χ0n) is 14.3. The molecule has 24 heavy (non-hydrogen) atoms. The molecule has 1 aliphatic rings. The lowest BCUT2D eigenvalue weighted by atomic mass is 9.84. The van der Waals surface area contributed by atoms with Gasteiger partial charge in [-0.25, -0.2) is 0 Å². The predicted octanol–water partition coefficient (Wildman–Crippen LogP) is 2.58. The molecule has 0 spiro atoms. The smallest absolute Gasteiger partial charge is 0.305 e. The molecule has 1 aliphatic heterocycles. The third-order valence-electron chi connectivity index (χ3n) is 4.22. The second-order valence-corrected chi connectivity index (χ2v) is 7.26. The molecule has 3 N–H and O–H groups in total. The van der Waals surface area contributed by atoms with Crippen LogP contribution in [0.25, 0.3) is 0 Å². The first-order valence-electron chi connectivity index (χ1n) is 8.12. The van der Waals surface area contributed by atoms with Crippen molar-refractivity contribution in [1.29, 1.82) is 0 Å². The highest BCUT2D eigenvalue weighted by Gasteiger charge is 2.29. The largest absolute Gasteiger partial charge is 0.481 e. The zero-order chi connectivity index (χ0) is 17.9. The van der Waals surface area contributed by atoms with E-state index < -0.39 is 12.0 Å². The number of hydrogen-bond donors (Lipinski definition) is 3. The number of nitrogens with one attached hydrogen (secondary N) is 2. The van der Waals surface area contributed by atoms with Gasteiger partial charge in [0.05, 0.1) is 6.42 Å². The lowest BCUT2D eigenvalue weighted by Crippen LogP contribution is -2.45. The number of anilines is 1. The first-order valence-corrected chi connectivity index (χ1v) is 8.12. The SMILES string of the molecule is CC(C)(C)[C@@H](CC(=O)O)NC(=O)c1ccc2c(c1)CCCC(=O)N2. The lowest BCUT2D eigenvalue weighted by Gasteiger charge is -2.30. The van der Waals surface area contributed by atoms with Crippen LogP contribution >= 0.6 is 0 Å². The van der Waals surface area contributed by atoms with Gasteiger partial charge in [-0.2, -0.15) is 0 Å². The van der Waals surface area contributed by atoms with Crippen LogP contribution < -0.4 is 10.6 Å². The molecule has 0 saturated carbocycles. The topological polar surface area (TPSA) is 95.5 Å². The van der Waals surface area contributed by atoms with Crippen molar-refractivity contribution < 1.29 is 19.5 Å². The number of carbonyl (C=O) groups excluding carboxylic acids is 2. The van der Waals surface area contributed by atoms with Gasteiger partial charge in [0.25, 0.3) is 5.91 Å². The second kappa shape index (κ2) is 7.03. The maximum absolute atomic E-state index is 12.5. The Morgan fingerprint density at radius 3 is 2.62 bits per heavy atom. The summed E-state index contributed by atoms with van der Waals surface area (Å²) in [7, 11) is 0. The first-order chi connectivity index (χ1) is 11.2. The molecule has 1 heterocycles. The van der Waals surface area contributed by atoms with Crippen LogP contribution in [-0.4, -0.2) is 28.9 Å². The Hall–Kier alpha value is -2.37. The molecule has 0 aliphatic carbocycles. The van der Waals surface area contributed by atoms with Crippen molar-refractivity contribution in [2.45, 2.75) is 52.5 Å². The van der Waals surface area contributed by atoms with E-state index in [0.717, 1.165) is 24.1 Å². The van der Waals surface area contributed by atoms with Crippen molar-refractivity contribution in [2.75, 3.05) is 5.32 Å². The summed E-state index contributed by atoms with van der Waals surface area (Å²) in [6.07, 6.45) is 1.82. The standard InChI is InChI=1S/C18H24N2O4/c1-18(2,3)14(10-16(22)23)20-17(24)12-7-8-13-11(9-12)5-4-6-15(21)19-13/h7-9,14H,4-6,10H2,1-3H3,(H,19,21)(H,20,24)(H,22,23)/t14-/m1/s1. The maximum atomic E-state index is 12.5. The Kier molecular flexibility index (Phi) is 5.26. The highest BCUT2D eigenvalue weighted by molar-refractivity contribution is 5.97. The second-order valence-electron chi connectivity index (χ2n) is 7.26. The molecule has 0 fully saturated rings. The monoisotopic (exact) mass is 332 g/mol. The van der Waals surface area contributed by atoms with Crippen molar-refractivity contribution in [3.63, 3.8) is 0 Å². The number of carbonyl (C=O) groups is 3. The minimum absolute atomic E-state index is 0.0137. The van der Waals surface area contributed by atoms with Crippen molar-refractivity contribution in [2.24, 2.45) is 5.41 Å². The molecular formula is C18H24N2O4. The van der Waals surface area contributed by atoms with Crippen LogP contribution in [-0.2, 0) is 16.0 Å². The molecule has 6 nitrogen and oxygen atoms in total. The molecule has 1 atom stereocenters. The Morgan fingerprint density at radius 2 is 2.00 bits per heavy atom. The normalized spacial score (nSPS) is 15.7. The fraction of sp³-hybridized carbons (Fsp3) is 0.500. The number of aryl methyl sites for hydroxylation is 1. The van der Waals surface area contributed by atoms with Crippen LogP contribution in [0.15, 0.2) is 18.2 Å². The molecule has 2 amide bonds. The third kappa shape index (κ3) is 4.57. The molecule has 0 radical (unpaired) electrons. The van der Waals surface area contributed by atoms with Crippen LogP contribution in [0, 0.1) is 5.41 Å². The van der Waals surface area contributed by atoms with Gasteiger partial charge in [-0.05, 0) is 42.0 Å².